The quantitative estimate of drug-likeness (QED) is 0.173. The van der Waals surface area contributed by atoms with E-state index in [1.807, 2.05) is 43.5 Å². The number of unbranched alkanes of at least 4 members (excludes halogenated alkanes) is 2. The molecule has 0 amide bonds. The van der Waals surface area contributed by atoms with Crippen LogP contribution in [0, 0.1) is 6.92 Å². The van der Waals surface area contributed by atoms with Gasteiger partial charge in [-0.05, 0) is 53.7 Å². The Bertz CT molecular complexity index is 1130. The van der Waals surface area contributed by atoms with E-state index < -0.39 is 0 Å². The van der Waals surface area contributed by atoms with Crippen LogP contribution >= 0.6 is 8.58 Å². The van der Waals surface area contributed by atoms with E-state index >= 15 is 0 Å². The minimum absolute atomic E-state index is 0.0273. The zero-order chi connectivity index (χ0) is 25.5. The van der Waals surface area contributed by atoms with Crippen LogP contribution < -0.4 is 5.30 Å². The van der Waals surface area contributed by atoms with E-state index in [1.54, 1.807) is 0 Å². The van der Waals surface area contributed by atoms with Crippen LogP contribution in [0.15, 0.2) is 71.7 Å². The predicted octanol–water partition coefficient (Wildman–Crippen LogP) is 8.94. The fourth-order valence-electron chi connectivity index (χ4n) is 4.61. The smallest absolute Gasteiger partial charge is 0.122 e. The Labute approximate surface area is 214 Å². The van der Waals surface area contributed by atoms with Crippen LogP contribution in [0.3, 0.4) is 0 Å². The van der Waals surface area contributed by atoms with E-state index in [0.29, 0.717) is 14.3 Å². The normalized spacial score (nSPS) is 14.1. The number of hydrogen-bond donors (Lipinski definition) is 1. The zero-order valence-corrected chi connectivity index (χ0v) is 23.4. The first-order valence-corrected chi connectivity index (χ1v) is 14.0. The lowest BCUT2D eigenvalue weighted by Crippen LogP contribution is -2.25. The fourth-order valence-corrected chi connectivity index (χ4v) is 6.40. The Morgan fingerprint density at radius 2 is 1.60 bits per heavy atom. The molecule has 3 heteroatoms. The molecule has 35 heavy (non-hydrogen) atoms. The predicted molar refractivity (Wildman–Crippen MR) is 156 cm³/mol. The van der Waals surface area contributed by atoms with Gasteiger partial charge in [0.2, 0.25) is 0 Å². The third-order valence-corrected chi connectivity index (χ3v) is 9.01. The molecular weight excluding hydrogens is 445 g/mol. The first-order valence-electron chi connectivity index (χ1n) is 13.0. The second kappa shape index (κ2) is 12.0. The molecule has 0 aliphatic carbocycles. The average molecular weight is 488 g/mol. The van der Waals surface area contributed by atoms with Crippen molar-refractivity contribution in [1.82, 2.24) is 0 Å². The van der Waals surface area contributed by atoms with Gasteiger partial charge in [-0.15, -0.1) is 0 Å². The topological polar surface area (TPSA) is 32.6 Å². The number of phenolic OH excluding ortho intramolecular Hbond substituents is 1. The van der Waals surface area contributed by atoms with Crippen molar-refractivity contribution >= 4 is 25.8 Å². The monoisotopic (exact) mass is 487 g/mol. The molecule has 0 fully saturated rings. The van der Waals surface area contributed by atoms with Gasteiger partial charge in [-0.1, -0.05) is 117 Å². The van der Waals surface area contributed by atoms with Crippen LogP contribution in [0.5, 0.6) is 5.75 Å². The highest BCUT2D eigenvalue weighted by atomic mass is 31.1. The van der Waals surface area contributed by atoms with Gasteiger partial charge in [-0.2, -0.15) is 0 Å². The van der Waals surface area contributed by atoms with Crippen LogP contribution in [-0.2, 0) is 10.6 Å². The van der Waals surface area contributed by atoms with E-state index in [9.17, 15) is 5.11 Å². The van der Waals surface area contributed by atoms with E-state index in [2.05, 4.69) is 71.0 Å². The maximum Gasteiger partial charge on any atom is 0.122 e. The molecule has 0 aromatic heterocycles. The van der Waals surface area contributed by atoms with Gasteiger partial charge in [0.15, 0.2) is 0 Å². The largest absolute Gasteiger partial charge is 0.507 e. The van der Waals surface area contributed by atoms with Crippen LogP contribution in [0.25, 0.3) is 0 Å². The molecule has 0 saturated carbocycles. The van der Waals surface area contributed by atoms with Gasteiger partial charge in [0.25, 0.3) is 0 Å². The van der Waals surface area contributed by atoms with Crippen molar-refractivity contribution in [1.29, 1.82) is 0 Å². The molecule has 2 atom stereocenters. The summed E-state index contributed by atoms with van der Waals surface area (Å²) in [5, 5.41) is 12.6. The number of aliphatic imine (C=N–C) groups is 1. The van der Waals surface area contributed by atoms with Gasteiger partial charge in [0.05, 0.1) is 5.69 Å². The summed E-state index contributed by atoms with van der Waals surface area (Å²) >= 11 is 0. The number of benzene rings is 3. The maximum atomic E-state index is 11.4. The summed E-state index contributed by atoms with van der Waals surface area (Å²) in [4.78, 5) is 4.75. The lowest BCUT2D eigenvalue weighted by molar-refractivity contribution is 0.431. The molecule has 0 saturated heterocycles. The molecule has 0 spiro atoms. The summed E-state index contributed by atoms with van der Waals surface area (Å²) in [6.07, 6.45) is 7.62. The van der Waals surface area contributed by atoms with Crippen molar-refractivity contribution in [3.05, 3.63) is 89.0 Å². The van der Waals surface area contributed by atoms with Crippen LogP contribution in [0.4, 0.5) is 5.69 Å². The van der Waals surface area contributed by atoms with Crippen LogP contribution in [0.1, 0.15) is 89.0 Å². The van der Waals surface area contributed by atoms with Gasteiger partial charge < -0.3 is 5.11 Å². The third kappa shape index (κ3) is 6.83. The van der Waals surface area contributed by atoms with Gasteiger partial charge in [-0.25, -0.2) is 0 Å². The highest BCUT2D eigenvalue weighted by Crippen LogP contribution is 2.52. The number of rotatable bonds is 10. The molecule has 186 valence electrons. The van der Waals surface area contributed by atoms with Gasteiger partial charge >= 0.3 is 0 Å². The number of phenols is 1. The second-order valence-electron chi connectivity index (χ2n) is 10.6. The Hall–Kier alpha value is -2.44. The van der Waals surface area contributed by atoms with E-state index in [0.717, 1.165) is 41.6 Å². The minimum Gasteiger partial charge on any atom is -0.507 e. The summed E-state index contributed by atoms with van der Waals surface area (Å²) in [6, 6.07) is 23.2. The van der Waals surface area contributed by atoms with E-state index in [-0.39, 0.29) is 10.6 Å². The fraction of sp³-hybridized carbons (Fsp3) is 0.406. The Morgan fingerprint density at radius 3 is 2.26 bits per heavy atom. The first kappa shape index (κ1) is 27.2. The molecule has 0 aliphatic rings. The SMILES string of the molecule is CCCCCC(CC)(Pc1ccccc1/C=N/c1ccccc1)c1cc(C(C)(C)C)cc(C)c1O. The van der Waals surface area contributed by atoms with Crippen molar-refractivity contribution in [2.24, 2.45) is 4.99 Å². The third-order valence-electron chi connectivity index (χ3n) is 6.94. The lowest BCUT2D eigenvalue weighted by Gasteiger charge is -2.36. The van der Waals surface area contributed by atoms with Crippen molar-refractivity contribution in [3.63, 3.8) is 0 Å². The number of nitrogens with zero attached hydrogens (tertiary/aromatic N) is 1. The number of hydrogen-bond acceptors (Lipinski definition) is 2. The Morgan fingerprint density at radius 1 is 0.914 bits per heavy atom. The van der Waals surface area contributed by atoms with Gasteiger partial charge in [0.1, 0.15) is 5.75 Å². The van der Waals surface area contributed by atoms with E-state index in [1.165, 1.54) is 23.7 Å². The molecule has 0 radical (unpaired) electrons. The molecule has 1 N–H and O–H groups in total. The summed E-state index contributed by atoms with van der Waals surface area (Å²) in [7, 11) is 0.542. The minimum atomic E-state index is -0.109. The van der Waals surface area contributed by atoms with Crippen molar-refractivity contribution in [2.75, 3.05) is 0 Å². The first-order chi connectivity index (χ1) is 16.7. The van der Waals surface area contributed by atoms with Crippen molar-refractivity contribution in [3.8, 4) is 5.75 Å². The van der Waals surface area contributed by atoms with Gasteiger partial charge in [-0.3, -0.25) is 4.99 Å². The van der Waals surface area contributed by atoms with E-state index in [4.69, 9.17) is 4.99 Å². The maximum absolute atomic E-state index is 11.4. The second-order valence-corrected chi connectivity index (χ2v) is 12.4. The summed E-state index contributed by atoms with van der Waals surface area (Å²) in [6.45, 7) is 13.4. The highest BCUT2D eigenvalue weighted by Gasteiger charge is 2.35. The van der Waals surface area contributed by atoms with Crippen LogP contribution in [0.2, 0.25) is 0 Å². The Balaban J connectivity index is 2.10. The van der Waals surface area contributed by atoms with Crippen molar-refractivity contribution < 1.29 is 5.11 Å². The molecule has 3 rings (SSSR count). The van der Waals surface area contributed by atoms with Crippen LogP contribution in [-0.4, -0.2) is 11.3 Å². The molecule has 3 aromatic rings. The lowest BCUT2D eigenvalue weighted by atomic mass is 9.80. The summed E-state index contributed by atoms with van der Waals surface area (Å²) in [5.74, 6) is 0.472. The molecule has 3 aromatic carbocycles. The molecule has 2 unspecified atom stereocenters. The molecule has 0 heterocycles. The average Bonchev–Trinajstić information content (AvgIpc) is 2.84. The number of aryl methyl sites for hydroxylation is 1. The zero-order valence-electron chi connectivity index (χ0n) is 22.4. The summed E-state index contributed by atoms with van der Waals surface area (Å²) < 4.78 is 0. The standard InChI is InChI=1S/C32H42NOP/c1-7-9-15-20-32(8-2,28-22-26(31(4,5)6)21-24(3)30(28)34)35-29-19-14-13-16-25(29)23-33-27-17-11-10-12-18-27/h10-14,16-19,21-23,34-35H,7-9,15,20H2,1-6H3/b33-23+. The van der Waals surface area contributed by atoms with Gasteiger partial charge in [0, 0.05) is 22.5 Å². The molecular formula is C32H42NOP. The molecule has 0 aliphatic heterocycles. The molecule has 2 nitrogen and oxygen atoms in total. The summed E-state index contributed by atoms with van der Waals surface area (Å²) in [5.41, 5.74) is 5.53. The van der Waals surface area contributed by atoms with Crippen molar-refractivity contribution in [2.45, 2.75) is 84.2 Å². The molecule has 0 bridgehead atoms. The number of aromatic hydroxyl groups is 1. The Kier molecular flexibility index (Phi) is 9.31. The highest BCUT2D eigenvalue weighted by molar-refractivity contribution is 7.48. The number of para-hydroxylation sites is 1.